The topological polar surface area (TPSA) is 58.2 Å². The zero-order chi connectivity index (χ0) is 23.0. The molecule has 2 N–H and O–H groups in total. The molecule has 0 aliphatic rings. The molecule has 1 atom stereocenters. The first-order chi connectivity index (χ1) is 16.1. The molecule has 4 aromatic carbocycles. The minimum absolute atomic E-state index is 0.158. The third kappa shape index (κ3) is 5.55. The number of carbonyl (C=O) groups is 2. The fourth-order valence-corrected chi connectivity index (χ4v) is 3.79. The van der Waals surface area contributed by atoms with Crippen molar-refractivity contribution in [2.24, 2.45) is 0 Å². The normalized spacial score (nSPS) is 11.4. The monoisotopic (exact) mass is 434 g/mol. The molecule has 0 bridgehead atoms. The summed E-state index contributed by atoms with van der Waals surface area (Å²) in [5.41, 5.74) is 4.58. The van der Waals surface area contributed by atoms with Crippen LogP contribution in [0.25, 0.3) is 0 Å². The highest BCUT2D eigenvalue weighted by Crippen LogP contribution is 2.21. The lowest BCUT2D eigenvalue weighted by Gasteiger charge is -2.17. The predicted octanol–water partition coefficient (Wildman–Crippen LogP) is 6.02. The van der Waals surface area contributed by atoms with Crippen molar-refractivity contribution in [2.75, 3.05) is 5.32 Å². The molecule has 4 nitrogen and oxygen atoms in total. The molecule has 0 aliphatic heterocycles. The molecule has 0 heterocycles. The van der Waals surface area contributed by atoms with E-state index in [2.05, 4.69) is 10.6 Å². The van der Waals surface area contributed by atoms with Crippen LogP contribution in [0.4, 0.5) is 5.69 Å². The molecule has 0 saturated carbocycles. The highest BCUT2D eigenvalue weighted by molar-refractivity contribution is 6.09. The smallest absolute Gasteiger partial charge is 0.255 e. The lowest BCUT2D eigenvalue weighted by molar-refractivity contribution is 0.0941. The molecule has 0 unspecified atom stereocenters. The quantitative estimate of drug-likeness (QED) is 0.374. The molecule has 0 saturated heterocycles. The number of amides is 2. The van der Waals surface area contributed by atoms with Gasteiger partial charge in [-0.1, -0.05) is 91.0 Å². The average Bonchev–Trinajstić information content (AvgIpc) is 2.86. The maximum atomic E-state index is 13.2. The van der Waals surface area contributed by atoms with Gasteiger partial charge in [-0.15, -0.1) is 0 Å². The van der Waals surface area contributed by atoms with E-state index >= 15 is 0 Å². The molecule has 4 rings (SSSR count). The van der Waals surface area contributed by atoms with Crippen molar-refractivity contribution in [3.05, 3.63) is 137 Å². The molecule has 0 fully saturated rings. The van der Waals surface area contributed by atoms with E-state index in [9.17, 15) is 9.59 Å². The number of anilines is 1. The molecular weight excluding hydrogens is 408 g/mol. The summed E-state index contributed by atoms with van der Waals surface area (Å²) >= 11 is 0. The third-order valence-corrected chi connectivity index (χ3v) is 5.57. The second-order valence-electron chi connectivity index (χ2n) is 7.93. The molecule has 33 heavy (non-hydrogen) atoms. The van der Waals surface area contributed by atoms with E-state index in [0.717, 1.165) is 16.7 Å². The first-order valence-electron chi connectivity index (χ1n) is 11.0. The number of benzene rings is 4. The molecule has 4 aromatic rings. The van der Waals surface area contributed by atoms with Crippen LogP contribution >= 0.6 is 0 Å². The van der Waals surface area contributed by atoms with Crippen molar-refractivity contribution in [3.8, 4) is 0 Å². The average molecular weight is 435 g/mol. The second kappa shape index (κ2) is 10.4. The van der Waals surface area contributed by atoms with E-state index in [1.807, 2.05) is 97.9 Å². The number of hydrogen-bond donors (Lipinski definition) is 2. The molecule has 164 valence electrons. The van der Waals surface area contributed by atoms with Gasteiger partial charge < -0.3 is 10.6 Å². The summed E-state index contributed by atoms with van der Waals surface area (Å²) in [4.78, 5) is 26.2. The van der Waals surface area contributed by atoms with Gasteiger partial charge in [0.1, 0.15) is 0 Å². The van der Waals surface area contributed by atoms with Crippen LogP contribution in [0.5, 0.6) is 0 Å². The van der Waals surface area contributed by atoms with Crippen molar-refractivity contribution < 1.29 is 9.59 Å². The van der Waals surface area contributed by atoms with Gasteiger partial charge in [-0.2, -0.15) is 0 Å². The van der Waals surface area contributed by atoms with Gasteiger partial charge in [-0.3, -0.25) is 9.59 Å². The van der Waals surface area contributed by atoms with Crippen molar-refractivity contribution in [2.45, 2.75) is 19.4 Å². The molecule has 4 heteroatoms. The highest BCUT2D eigenvalue weighted by atomic mass is 16.2. The summed E-state index contributed by atoms with van der Waals surface area (Å²) in [6.45, 7) is 1.94. The van der Waals surface area contributed by atoms with Gasteiger partial charge in [0.05, 0.1) is 17.3 Å². The minimum Gasteiger partial charge on any atom is -0.345 e. The largest absolute Gasteiger partial charge is 0.345 e. The van der Waals surface area contributed by atoms with Crippen LogP contribution < -0.4 is 10.6 Å². The Morgan fingerprint density at radius 1 is 0.667 bits per heavy atom. The van der Waals surface area contributed by atoms with Crippen LogP contribution in [0.2, 0.25) is 0 Å². The van der Waals surface area contributed by atoms with Crippen molar-refractivity contribution >= 4 is 17.5 Å². The van der Waals surface area contributed by atoms with E-state index in [4.69, 9.17) is 0 Å². The fraction of sp³-hybridized carbons (Fsp3) is 0.103. The standard InChI is InChI=1S/C29H26N2O2/c1-21(23-14-6-3-7-15-23)30-29(33)26-18-10-11-19-27(26)31-28(32)25-17-9-8-16-24(25)20-22-12-4-2-5-13-22/h2-19,21H,20H2,1H3,(H,30,33)(H,31,32)/t21-/m1/s1. The van der Waals surface area contributed by atoms with Crippen LogP contribution in [0.1, 0.15) is 50.4 Å². The fourth-order valence-electron chi connectivity index (χ4n) is 3.79. The van der Waals surface area contributed by atoms with Gasteiger partial charge >= 0.3 is 0 Å². The van der Waals surface area contributed by atoms with Crippen LogP contribution in [-0.4, -0.2) is 11.8 Å². The Morgan fingerprint density at radius 2 is 1.24 bits per heavy atom. The number of para-hydroxylation sites is 1. The predicted molar refractivity (Wildman–Crippen MR) is 132 cm³/mol. The van der Waals surface area contributed by atoms with E-state index in [-0.39, 0.29) is 17.9 Å². The molecular formula is C29H26N2O2. The Labute approximate surface area is 194 Å². The number of nitrogens with one attached hydrogen (secondary N) is 2. The second-order valence-corrected chi connectivity index (χ2v) is 7.93. The van der Waals surface area contributed by atoms with E-state index in [0.29, 0.717) is 23.2 Å². The van der Waals surface area contributed by atoms with E-state index < -0.39 is 0 Å². The first-order valence-corrected chi connectivity index (χ1v) is 11.0. The lowest BCUT2D eigenvalue weighted by atomic mass is 9.99. The zero-order valence-electron chi connectivity index (χ0n) is 18.5. The highest BCUT2D eigenvalue weighted by Gasteiger charge is 2.18. The van der Waals surface area contributed by atoms with E-state index in [1.54, 1.807) is 18.2 Å². The third-order valence-electron chi connectivity index (χ3n) is 5.57. The summed E-state index contributed by atoms with van der Waals surface area (Å²) in [6, 6.07) is 34.3. The first kappa shape index (κ1) is 22.0. The molecule has 0 aliphatic carbocycles. The number of hydrogen-bond acceptors (Lipinski definition) is 2. The Bertz CT molecular complexity index is 1240. The Balaban J connectivity index is 1.53. The van der Waals surface area contributed by atoms with Crippen molar-refractivity contribution in [1.29, 1.82) is 0 Å². The Morgan fingerprint density at radius 3 is 1.97 bits per heavy atom. The van der Waals surface area contributed by atoms with Crippen LogP contribution in [0.15, 0.2) is 109 Å². The van der Waals surface area contributed by atoms with Crippen LogP contribution in [0, 0.1) is 0 Å². The summed E-state index contributed by atoms with van der Waals surface area (Å²) < 4.78 is 0. The summed E-state index contributed by atoms with van der Waals surface area (Å²) in [6.07, 6.45) is 0.654. The van der Waals surface area contributed by atoms with Crippen molar-refractivity contribution in [1.82, 2.24) is 5.32 Å². The SMILES string of the molecule is C[C@@H](NC(=O)c1ccccc1NC(=O)c1ccccc1Cc1ccccc1)c1ccccc1. The summed E-state index contributed by atoms with van der Waals surface area (Å²) in [7, 11) is 0. The maximum Gasteiger partial charge on any atom is 0.255 e. The van der Waals surface area contributed by atoms with Gasteiger partial charge in [0, 0.05) is 5.56 Å². The maximum absolute atomic E-state index is 13.2. The summed E-state index contributed by atoms with van der Waals surface area (Å²) in [5, 5.41) is 5.97. The van der Waals surface area contributed by atoms with Gasteiger partial charge in [0.2, 0.25) is 0 Å². The Hall–Kier alpha value is -4.18. The van der Waals surface area contributed by atoms with Gasteiger partial charge in [0.25, 0.3) is 11.8 Å². The number of rotatable bonds is 7. The van der Waals surface area contributed by atoms with Gasteiger partial charge in [-0.05, 0) is 48.2 Å². The lowest BCUT2D eigenvalue weighted by Crippen LogP contribution is -2.28. The van der Waals surface area contributed by atoms with Gasteiger partial charge in [-0.25, -0.2) is 0 Å². The van der Waals surface area contributed by atoms with Gasteiger partial charge in [0.15, 0.2) is 0 Å². The van der Waals surface area contributed by atoms with Crippen LogP contribution in [-0.2, 0) is 6.42 Å². The van der Waals surface area contributed by atoms with Crippen LogP contribution in [0.3, 0.4) is 0 Å². The summed E-state index contributed by atoms with van der Waals surface area (Å²) in [5.74, 6) is -0.474. The van der Waals surface area contributed by atoms with Crippen molar-refractivity contribution in [3.63, 3.8) is 0 Å². The number of carbonyl (C=O) groups excluding carboxylic acids is 2. The molecule has 0 spiro atoms. The minimum atomic E-state index is -0.238. The zero-order valence-corrected chi connectivity index (χ0v) is 18.5. The Kier molecular flexibility index (Phi) is 6.96. The van der Waals surface area contributed by atoms with E-state index in [1.165, 1.54) is 0 Å². The molecule has 0 aromatic heterocycles. The molecule has 0 radical (unpaired) electrons. The molecule has 2 amide bonds.